The number of rotatable bonds is 6. The zero-order chi connectivity index (χ0) is 17.1. The Balaban J connectivity index is 2.95. The quantitative estimate of drug-likeness (QED) is 0.831. The van der Waals surface area contributed by atoms with Gasteiger partial charge in [0.1, 0.15) is 0 Å². The minimum atomic E-state index is -4.46. The molecule has 0 spiro atoms. The Kier molecular flexibility index (Phi) is 5.96. The van der Waals surface area contributed by atoms with Crippen molar-refractivity contribution in [1.82, 2.24) is 9.03 Å². The lowest BCUT2D eigenvalue weighted by Crippen LogP contribution is -2.44. The molecule has 5 nitrogen and oxygen atoms in total. The van der Waals surface area contributed by atoms with Gasteiger partial charge < -0.3 is 5.11 Å². The van der Waals surface area contributed by atoms with Gasteiger partial charge in [-0.15, -0.1) is 0 Å². The average molecular weight is 340 g/mol. The molecule has 2 atom stereocenters. The monoisotopic (exact) mass is 340 g/mol. The van der Waals surface area contributed by atoms with Gasteiger partial charge in [0.2, 0.25) is 0 Å². The fraction of sp³-hybridized carbons (Fsp3) is 0.538. The topological polar surface area (TPSA) is 69.6 Å². The summed E-state index contributed by atoms with van der Waals surface area (Å²) in [5.41, 5.74) is -0.619. The summed E-state index contributed by atoms with van der Waals surface area (Å²) >= 11 is 0. The summed E-state index contributed by atoms with van der Waals surface area (Å²) in [4.78, 5) is 0. The normalized spacial score (nSPS) is 15.8. The Morgan fingerprint density at radius 3 is 2.09 bits per heavy atom. The van der Waals surface area contributed by atoms with E-state index in [-0.39, 0.29) is 12.0 Å². The number of aliphatic hydroxyl groups excluding tert-OH is 1. The van der Waals surface area contributed by atoms with E-state index in [1.165, 1.54) is 14.1 Å². The molecule has 0 aliphatic heterocycles. The Labute approximate surface area is 127 Å². The average Bonchev–Trinajstić information content (AvgIpc) is 2.43. The van der Waals surface area contributed by atoms with E-state index in [4.69, 9.17) is 0 Å². The lowest BCUT2D eigenvalue weighted by Gasteiger charge is -2.25. The highest BCUT2D eigenvalue weighted by atomic mass is 32.2. The molecule has 126 valence electrons. The summed E-state index contributed by atoms with van der Waals surface area (Å²) in [5, 5.41) is 10.2. The van der Waals surface area contributed by atoms with Crippen molar-refractivity contribution < 1.29 is 26.7 Å². The van der Waals surface area contributed by atoms with Crippen LogP contribution in [0.1, 0.15) is 30.6 Å². The predicted molar refractivity (Wildman–Crippen MR) is 76.2 cm³/mol. The lowest BCUT2D eigenvalue weighted by atomic mass is 10.00. The summed E-state index contributed by atoms with van der Waals surface area (Å²) in [6.07, 6.45) is -5.43. The fourth-order valence-corrected chi connectivity index (χ4v) is 2.66. The summed E-state index contributed by atoms with van der Waals surface area (Å²) < 4.78 is 64.3. The van der Waals surface area contributed by atoms with Crippen LogP contribution in [0.2, 0.25) is 0 Å². The Morgan fingerprint density at radius 2 is 1.73 bits per heavy atom. The maximum absolute atomic E-state index is 12.5. The summed E-state index contributed by atoms with van der Waals surface area (Å²) in [5.74, 6) is 0. The van der Waals surface area contributed by atoms with Crippen molar-refractivity contribution in [2.24, 2.45) is 0 Å². The summed E-state index contributed by atoms with van der Waals surface area (Å²) in [6, 6.07) is 3.14. The van der Waals surface area contributed by atoms with Gasteiger partial charge in [-0.3, -0.25) is 0 Å². The van der Waals surface area contributed by atoms with E-state index in [1.54, 1.807) is 6.92 Å². The van der Waals surface area contributed by atoms with Crippen LogP contribution in [-0.4, -0.2) is 38.0 Å². The molecule has 0 amide bonds. The van der Waals surface area contributed by atoms with Gasteiger partial charge in [0, 0.05) is 14.1 Å². The minimum Gasteiger partial charge on any atom is -0.387 e. The second kappa shape index (κ2) is 6.95. The van der Waals surface area contributed by atoms with E-state index in [9.17, 15) is 26.7 Å². The molecule has 9 heteroatoms. The molecule has 1 aromatic carbocycles. The molecule has 0 fully saturated rings. The van der Waals surface area contributed by atoms with Crippen molar-refractivity contribution >= 4 is 10.2 Å². The smallest absolute Gasteiger partial charge is 0.387 e. The second-order valence-corrected chi connectivity index (χ2v) is 6.90. The van der Waals surface area contributed by atoms with E-state index >= 15 is 0 Å². The van der Waals surface area contributed by atoms with Gasteiger partial charge in [0.25, 0.3) is 10.2 Å². The highest BCUT2D eigenvalue weighted by Crippen LogP contribution is 2.30. The molecular weight excluding hydrogens is 321 g/mol. The Hall–Kier alpha value is -1.16. The van der Waals surface area contributed by atoms with Crippen LogP contribution in [-0.2, 0) is 16.4 Å². The molecule has 0 aliphatic rings. The van der Waals surface area contributed by atoms with Gasteiger partial charge >= 0.3 is 6.18 Å². The molecule has 0 saturated carbocycles. The van der Waals surface area contributed by atoms with Crippen LogP contribution in [0.5, 0.6) is 0 Å². The van der Waals surface area contributed by atoms with Crippen LogP contribution in [0, 0.1) is 0 Å². The third-order valence-electron chi connectivity index (χ3n) is 3.18. The summed E-state index contributed by atoms with van der Waals surface area (Å²) in [7, 11) is -1.08. The Bertz CT molecular complexity index is 586. The summed E-state index contributed by atoms with van der Waals surface area (Å²) in [6.45, 7) is 1.66. The number of hydrogen-bond donors (Lipinski definition) is 2. The standard InChI is InChI=1S/C13H19F3N2O3S/c1-4-11(17-22(20,21)18(2)3)12(19)9-5-7-10(8-6-9)13(14,15)16/h5-8,11-12,17,19H,4H2,1-3H3. The third-order valence-corrected chi connectivity index (χ3v) is 4.74. The van der Waals surface area contributed by atoms with E-state index in [0.29, 0.717) is 0 Å². The van der Waals surface area contributed by atoms with Crippen LogP contribution in [0.3, 0.4) is 0 Å². The van der Waals surface area contributed by atoms with Gasteiger partial charge in [0.15, 0.2) is 0 Å². The fourth-order valence-electron chi connectivity index (χ4n) is 1.77. The zero-order valence-corrected chi connectivity index (χ0v) is 13.2. The first-order valence-corrected chi connectivity index (χ1v) is 7.98. The molecule has 1 aromatic rings. The molecule has 22 heavy (non-hydrogen) atoms. The van der Waals surface area contributed by atoms with Crippen molar-refractivity contribution in [1.29, 1.82) is 0 Å². The Morgan fingerprint density at radius 1 is 1.23 bits per heavy atom. The molecule has 0 aromatic heterocycles. The first-order valence-electron chi connectivity index (χ1n) is 6.54. The second-order valence-electron chi connectivity index (χ2n) is 4.98. The van der Waals surface area contributed by atoms with E-state index in [2.05, 4.69) is 4.72 Å². The van der Waals surface area contributed by atoms with Crippen molar-refractivity contribution in [3.05, 3.63) is 35.4 Å². The maximum Gasteiger partial charge on any atom is 0.416 e. The van der Waals surface area contributed by atoms with Gasteiger partial charge in [0.05, 0.1) is 17.7 Å². The maximum atomic E-state index is 12.5. The number of nitrogens with zero attached hydrogens (tertiary/aromatic N) is 1. The van der Waals surface area contributed by atoms with Crippen molar-refractivity contribution in [3.8, 4) is 0 Å². The highest BCUT2D eigenvalue weighted by Gasteiger charge is 2.31. The van der Waals surface area contributed by atoms with Crippen molar-refractivity contribution in [3.63, 3.8) is 0 Å². The minimum absolute atomic E-state index is 0.210. The predicted octanol–water partition coefficient (Wildman–Crippen LogP) is 1.91. The number of halogens is 3. The van der Waals surface area contributed by atoms with Gasteiger partial charge in [-0.2, -0.15) is 30.6 Å². The van der Waals surface area contributed by atoms with Crippen LogP contribution in [0.15, 0.2) is 24.3 Å². The van der Waals surface area contributed by atoms with Crippen LogP contribution in [0.4, 0.5) is 13.2 Å². The lowest BCUT2D eigenvalue weighted by molar-refractivity contribution is -0.137. The first-order chi connectivity index (χ1) is 9.99. The van der Waals surface area contributed by atoms with Gasteiger partial charge in [-0.05, 0) is 24.1 Å². The molecule has 2 N–H and O–H groups in total. The number of nitrogens with one attached hydrogen (secondary N) is 1. The van der Waals surface area contributed by atoms with E-state index in [0.717, 1.165) is 28.6 Å². The van der Waals surface area contributed by atoms with Crippen LogP contribution >= 0.6 is 0 Å². The molecule has 0 heterocycles. The molecule has 0 radical (unpaired) electrons. The molecule has 0 saturated heterocycles. The van der Waals surface area contributed by atoms with Crippen molar-refractivity contribution in [2.45, 2.75) is 31.7 Å². The highest BCUT2D eigenvalue weighted by molar-refractivity contribution is 7.87. The number of alkyl halides is 3. The zero-order valence-electron chi connectivity index (χ0n) is 12.4. The number of benzene rings is 1. The van der Waals surface area contributed by atoms with Gasteiger partial charge in [-0.1, -0.05) is 19.1 Å². The van der Waals surface area contributed by atoms with Crippen LogP contribution < -0.4 is 4.72 Å². The first kappa shape index (κ1) is 18.9. The molecule has 0 bridgehead atoms. The van der Waals surface area contributed by atoms with Crippen molar-refractivity contribution in [2.75, 3.05) is 14.1 Å². The SMILES string of the molecule is CCC(NS(=O)(=O)N(C)C)C(O)c1ccc(C(F)(F)F)cc1. The number of aliphatic hydroxyl groups is 1. The molecule has 2 unspecified atom stereocenters. The number of hydrogen-bond acceptors (Lipinski definition) is 3. The van der Waals surface area contributed by atoms with E-state index < -0.39 is 34.1 Å². The van der Waals surface area contributed by atoms with Gasteiger partial charge in [-0.25, -0.2) is 0 Å². The molecule has 1 rings (SSSR count). The largest absolute Gasteiger partial charge is 0.416 e. The van der Waals surface area contributed by atoms with E-state index in [1.807, 2.05) is 0 Å². The molecule has 0 aliphatic carbocycles. The third kappa shape index (κ3) is 4.67. The molecular formula is C13H19F3N2O3S. The van der Waals surface area contributed by atoms with Crippen LogP contribution in [0.25, 0.3) is 0 Å².